The molecule has 1 atom stereocenters. The number of phenolic OH excluding ortho intramolecular Hbond substituents is 1. The van der Waals surface area contributed by atoms with Crippen molar-refractivity contribution < 1.29 is 9.90 Å². The van der Waals surface area contributed by atoms with E-state index in [0.29, 0.717) is 0 Å². The maximum absolute atomic E-state index is 13.3. The van der Waals surface area contributed by atoms with Gasteiger partial charge in [-0.05, 0) is 66.6 Å². The number of nitrogens with one attached hydrogen (secondary N) is 1. The summed E-state index contributed by atoms with van der Waals surface area (Å²) in [4.78, 5) is 17.0. The van der Waals surface area contributed by atoms with Crippen molar-refractivity contribution in [2.45, 2.75) is 38.4 Å². The van der Waals surface area contributed by atoms with Crippen LogP contribution in [0.3, 0.4) is 0 Å². The average Bonchev–Trinajstić information content (AvgIpc) is 3.17. The molecule has 3 aromatic rings. The van der Waals surface area contributed by atoms with E-state index in [1.165, 1.54) is 22.4 Å². The number of nitrogens with zero attached hydrogens (tertiary/aromatic N) is 1. The predicted molar refractivity (Wildman–Crippen MR) is 129 cm³/mol. The van der Waals surface area contributed by atoms with Gasteiger partial charge in [0.05, 0.1) is 5.56 Å². The molecule has 4 nitrogen and oxygen atoms in total. The quantitative estimate of drug-likeness (QED) is 0.456. The first-order valence-corrected chi connectivity index (χ1v) is 12.2. The van der Waals surface area contributed by atoms with Gasteiger partial charge in [-0.25, -0.2) is 0 Å². The number of thiophene rings is 1. The maximum Gasteiger partial charge on any atom is 0.256 e. The van der Waals surface area contributed by atoms with Gasteiger partial charge in [-0.3, -0.25) is 4.79 Å². The fourth-order valence-electron chi connectivity index (χ4n) is 5.02. The molecule has 6 rings (SSSR count). The Balaban J connectivity index is 1.55. The third-order valence-electron chi connectivity index (χ3n) is 6.48. The Morgan fingerprint density at radius 1 is 1.16 bits per heavy atom. The van der Waals surface area contributed by atoms with Crippen LogP contribution in [0, 0.1) is 0 Å². The van der Waals surface area contributed by atoms with Crippen LogP contribution < -0.4 is 10.2 Å². The van der Waals surface area contributed by atoms with Crippen molar-refractivity contribution in [3.05, 3.63) is 79.6 Å². The molecule has 31 heavy (non-hydrogen) atoms. The highest BCUT2D eigenvalue weighted by Gasteiger charge is 2.41. The summed E-state index contributed by atoms with van der Waals surface area (Å²) in [7, 11) is 0. The van der Waals surface area contributed by atoms with Crippen LogP contribution in [0.25, 0.3) is 11.6 Å². The number of hydrogen-bond acceptors (Lipinski definition) is 4. The van der Waals surface area contributed by atoms with Crippen molar-refractivity contribution in [1.82, 2.24) is 5.32 Å². The van der Waals surface area contributed by atoms with E-state index >= 15 is 0 Å². The zero-order valence-corrected chi connectivity index (χ0v) is 19.2. The molecule has 3 heterocycles. The molecule has 0 saturated carbocycles. The summed E-state index contributed by atoms with van der Waals surface area (Å²) in [5, 5.41) is 14.9. The van der Waals surface area contributed by atoms with Gasteiger partial charge in [-0.1, -0.05) is 40.2 Å². The van der Waals surface area contributed by atoms with Crippen LogP contribution in [0.2, 0.25) is 0 Å². The van der Waals surface area contributed by atoms with E-state index in [9.17, 15) is 9.90 Å². The van der Waals surface area contributed by atoms with Crippen LogP contribution in [0.5, 0.6) is 5.75 Å². The number of phenols is 1. The summed E-state index contributed by atoms with van der Waals surface area (Å²) >= 11 is 5.30. The standard InChI is InChI=1S/C25H21BrN2O2S/c26-16-9-10-20(29)15(11-16)12-19-17-6-2-1-5-14(17)13-28-23(19)27-24(30)22-18-7-3-4-8-21(18)31-25(22)28/h1-2,5-6,9-12,23,29H,3-4,7-8,13H2,(H,27,30)/b19-12-/t23-/m0/s1. The van der Waals surface area contributed by atoms with E-state index in [0.717, 1.165) is 57.5 Å². The van der Waals surface area contributed by atoms with Gasteiger partial charge in [-0.2, -0.15) is 0 Å². The lowest BCUT2D eigenvalue weighted by Crippen LogP contribution is -2.54. The largest absolute Gasteiger partial charge is 0.507 e. The summed E-state index contributed by atoms with van der Waals surface area (Å²) in [6.07, 6.45) is 6.18. The number of fused-ring (bicyclic) bond motifs is 6. The van der Waals surface area contributed by atoms with Crippen LogP contribution in [-0.4, -0.2) is 17.2 Å². The molecule has 0 saturated heterocycles. The van der Waals surface area contributed by atoms with Crippen molar-refractivity contribution in [2.75, 3.05) is 4.90 Å². The molecule has 0 radical (unpaired) electrons. The molecule has 0 unspecified atom stereocenters. The summed E-state index contributed by atoms with van der Waals surface area (Å²) in [5.41, 5.74) is 6.23. The first-order chi connectivity index (χ1) is 15.1. The van der Waals surface area contributed by atoms with Crippen molar-refractivity contribution in [3.8, 4) is 5.75 Å². The third-order valence-corrected chi connectivity index (χ3v) is 8.31. The number of anilines is 1. The molecule has 0 bridgehead atoms. The number of aryl methyl sites for hydroxylation is 1. The van der Waals surface area contributed by atoms with Gasteiger partial charge in [0.1, 0.15) is 16.9 Å². The highest BCUT2D eigenvalue weighted by molar-refractivity contribution is 9.10. The Kier molecular flexibility index (Phi) is 4.47. The van der Waals surface area contributed by atoms with Gasteiger partial charge < -0.3 is 15.3 Å². The number of carbonyl (C=O) groups is 1. The lowest BCUT2D eigenvalue weighted by Gasteiger charge is -2.43. The topological polar surface area (TPSA) is 52.6 Å². The molecule has 3 aliphatic rings. The molecule has 1 aliphatic carbocycles. The number of aromatic hydroxyl groups is 1. The van der Waals surface area contributed by atoms with Crippen LogP contribution in [-0.2, 0) is 19.4 Å². The monoisotopic (exact) mass is 492 g/mol. The second-order valence-corrected chi connectivity index (χ2v) is 10.4. The number of benzene rings is 2. The van der Waals surface area contributed by atoms with Gasteiger partial charge in [0.2, 0.25) is 0 Å². The highest BCUT2D eigenvalue weighted by Crippen LogP contribution is 2.47. The van der Waals surface area contributed by atoms with E-state index < -0.39 is 0 Å². The Labute approximate surface area is 193 Å². The predicted octanol–water partition coefficient (Wildman–Crippen LogP) is 5.73. The summed E-state index contributed by atoms with van der Waals surface area (Å²) in [6.45, 7) is 0.759. The number of rotatable bonds is 1. The summed E-state index contributed by atoms with van der Waals surface area (Å²) < 4.78 is 0.902. The van der Waals surface area contributed by atoms with Gasteiger partial charge in [0.15, 0.2) is 0 Å². The lowest BCUT2D eigenvalue weighted by molar-refractivity contribution is 0.0936. The number of hydrogen-bond donors (Lipinski definition) is 2. The molecule has 0 fully saturated rings. The second-order valence-electron chi connectivity index (χ2n) is 8.35. The molecule has 2 aliphatic heterocycles. The summed E-state index contributed by atoms with van der Waals surface area (Å²) in [6, 6.07) is 13.8. The molecule has 1 amide bonds. The van der Waals surface area contributed by atoms with Gasteiger partial charge in [0.25, 0.3) is 5.91 Å². The molecular weight excluding hydrogens is 472 g/mol. The van der Waals surface area contributed by atoms with Crippen LogP contribution in [0.4, 0.5) is 5.00 Å². The fourth-order valence-corrected chi connectivity index (χ4v) is 6.82. The lowest BCUT2D eigenvalue weighted by atomic mass is 9.88. The Hall–Kier alpha value is -2.57. The van der Waals surface area contributed by atoms with Gasteiger partial charge in [0, 0.05) is 27.0 Å². The van der Waals surface area contributed by atoms with Crippen LogP contribution in [0.1, 0.15) is 50.3 Å². The Morgan fingerprint density at radius 2 is 2.00 bits per heavy atom. The van der Waals surface area contributed by atoms with E-state index in [-0.39, 0.29) is 17.8 Å². The molecule has 6 heteroatoms. The minimum absolute atomic E-state index is 0.0272. The first-order valence-electron chi connectivity index (χ1n) is 10.6. The minimum Gasteiger partial charge on any atom is -0.507 e. The van der Waals surface area contributed by atoms with Crippen LogP contribution in [0.15, 0.2) is 46.9 Å². The maximum atomic E-state index is 13.3. The van der Waals surface area contributed by atoms with Gasteiger partial charge in [-0.15, -0.1) is 11.3 Å². The van der Waals surface area contributed by atoms with E-state index in [2.05, 4.69) is 44.3 Å². The van der Waals surface area contributed by atoms with Crippen molar-refractivity contribution in [1.29, 1.82) is 0 Å². The number of halogens is 1. The number of carbonyl (C=O) groups excluding carboxylic acids is 1. The SMILES string of the molecule is O=C1N[C@@H]2/C(=C\c3cc(Br)ccc3O)c3ccccc3CN2c2sc3c(c21)CCCC3. The molecular formula is C25H21BrN2O2S. The van der Waals surface area contributed by atoms with Gasteiger partial charge >= 0.3 is 0 Å². The van der Waals surface area contributed by atoms with E-state index in [4.69, 9.17) is 0 Å². The highest BCUT2D eigenvalue weighted by atomic mass is 79.9. The zero-order valence-electron chi connectivity index (χ0n) is 16.8. The average molecular weight is 493 g/mol. The van der Waals surface area contributed by atoms with Crippen molar-refractivity contribution in [2.24, 2.45) is 0 Å². The molecule has 2 N–H and O–H groups in total. The van der Waals surface area contributed by atoms with E-state index in [1.54, 1.807) is 17.4 Å². The molecule has 1 aromatic heterocycles. The van der Waals surface area contributed by atoms with Crippen molar-refractivity contribution >= 4 is 49.8 Å². The second kappa shape index (κ2) is 7.24. The Bertz CT molecular complexity index is 1260. The molecule has 2 aromatic carbocycles. The fraction of sp³-hybridized carbons (Fsp3) is 0.240. The normalized spacial score (nSPS) is 20.5. The van der Waals surface area contributed by atoms with Crippen molar-refractivity contribution in [3.63, 3.8) is 0 Å². The minimum atomic E-state index is -0.256. The first kappa shape index (κ1) is 19.1. The van der Waals surface area contributed by atoms with Crippen LogP contribution >= 0.6 is 27.3 Å². The number of amides is 1. The zero-order chi connectivity index (χ0) is 21.1. The molecule has 156 valence electrons. The third kappa shape index (κ3) is 3.04. The smallest absolute Gasteiger partial charge is 0.256 e. The summed E-state index contributed by atoms with van der Waals surface area (Å²) in [5.74, 6) is 0.249. The Morgan fingerprint density at radius 3 is 2.90 bits per heavy atom. The molecule has 0 spiro atoms. The van der Waals surface area contributed by atoms with E-state index in [1.807, 2.05) is 24.3 Å².